The monoisotopic (exact) mass is 330 g/mol. The van der Waals surface area contributed by atoms with Gasteiger partial charge in [0.1, 0.15) is 5.92 Å². The molecular weight excluding hydrogens is 324 g/mol. The molecule has 108 valence electrons. The molecule has 1 atom stereocenters. The molecule has 0 saturated heterocycles. The number of rotatable bonds is 2. The summed E-state index contributed by atoms with van der Waals surface area (Å²) in [5.74, 6) is -0.937. The average molecular weight is 331 g/mol. The molecule has 1 heterocycles. The zero-order chi connectivity index (χ0) is 15.6. The van der Waals surface area contributed by atoms with E-state index in [0.29, 0.717) is 16.8 Å². The third-order valence-corrected chi connectivity index (χ3v) is 3.46. The molecule has 1 aromatic heterocycles. The van der Waals surface area contributed by atoms with Crippen molar-refractivity contribution in [3.8, 4) is 6.07 Å². The lowest BCUT2D eigenvalue weighted by Crippen LogP contribution is -2.09. The van der Waals surface area contributed by atoms with Gasteiger partial charge in [-0.05, 0) is 17.7 Å². The number of benzene rings is 1. The highest BCUT2D eigenvalue weighted by Gasteiger charge is 2.32. The van der Waals surface area contributed by atoms with E-state index in [4.69, 9.17) is 23.2 Å². The van der Waals surface area contributed by atoms with Gasteiger partial charge < -0.3 is 0 Å². The van der Waals surface area contributed by atoms with Gasteiger partial charge in [-0.2, -0.15) is 18.4 Å². The largest absolute Gasteiger partial charge is 0.417 e. The standard InChI is InChI=1S/C14H7Cl2F3N2/c15-11-4-2-1-3-9(11)10(6-20)13-12(16)5-8(7-21-13)14(17,18)19/h1-5,7,10H. The smallest absolute Gasteiger partial charge is 0.257 e. The summed E-state index contributed by atoms with van der Waals surface area (Å²) in [7, 11) is 0. The minimum atomic E-state index is -4.54. The minimum absolute atomic E-state index is 0.0419. The molecule has 1 unspecified atom stereocenters. The van der Waals surface area contributed by atoms with E-state index in [1.807, 2.05) is 6.07 Å². The van der Waals surface area contributed by atoms with E-state index in [2.05, 4.69) is 4.98 Å². The molecule has 2 aromatic rings. The first-order valence-electron chi connectivity index (χ1n) is 5.71. The van der Waals surface area contributed by atoms with E-state index in [1.165, 1.54) is 0 Å². The summed E-state index contributed by atoms with van der Waals surface area (Å²) in [4.78, 5) is 3.70. The predicted octanol–water partition coefficient (Wildman–Crippen LogP) is 5.06. The third kappa shape index (κ3) is 3.29. The van der Waals surface area contributed by atoms with E-state index in [0.717, 1.165) is 6.07 Å². The highest BCUT2D eigenvalue weighted by atomic mass is 35.5. The molecule has 0 amide bonds. The second-order valence-electron chi connectivity index (χ2n) is 4.17. The van der Waals surface area contributed by atoms with Crippen LogP contribution in [0.1, 0.15) is 22.7 Å². The molecule has 0 bridgehead atoms. The van der Waals surface area contributed by atoms with Crippen molar-refractivity contribution in [2.24, 2.45) is 0 Å². The van der Waals surface area contributed by atoms with Crippen LogP contribution < -0.4 is 0 Å². The van der Waals surface area contributed by atoms with Crippen LogP contribution in [0.5, 0.6) is 0 Å². The maximum absolute atomic E-state index is 12.6. The Morgan fingerprint density at radius 3 is 2.33 bits per heavy atom. The van der Waals surface area contributed by atoms with Crippen LogP contribution in [-0.2, 0) is 6.18 Å². The quantitative estimate of drug-likeness (QED) is 0.771. The second-order valence-corrected chi connectivity index (χ2v) is 4.99. The molecular formula is C14H7Cl2F3N2. The molecule has 0 aliphatic heterocycles. The maximum Gasteiger partial charge on any atom is 0.417 e. The molecule has 2 rings (SSSR count). The Kier molecular flexibility index (Phi) is 4.40. The van der Waals surface area contributed by atoms with Gasteiger partial charge in [0.2, 0.25) is 0 Å². The predicted molar refractivity (Wildman–Crippen MR) is 73.2 cm³/mol. The van der Waals surface area contributed by atoms with E-state index >= 15 is 0 Å². The summed E-state index contributed by atoms with van der Waals surface area (Å²) < 4.78 is 37.8. The van der Waals surface area contributed by atoms with Crippen molar-refractivity contribution in [1.29, 1.82) is 5.26 Å². The lowest BCUT2D eigenvalue weighted by molar-refractivity contribution is -0.137. The number of nitriles is 1. The summed E-state index contributed by atoms with van der Waals surface area (Å²) in [6, 6.07) is 9.26. The van der Waals surface area contributed by atoms with Crippen molar-refractivity contribution in [3.63, 3.8) is 0 Å². The Morgan fingerprint density at radius 2 is 1.81 bits per heavy atom. The SMILES string of the molecule is N#CC(c1ccccc1Cl)c1ncc(C(F)(F)F)cc1Cl. The Bertz CT molecular complexity index is 708. The Hall–Kier alpha value is -1.77. The van der Waals surface area contributed by atoms with Crippen LogP contribution in [0, 0.1) is 11.3 Å². The van der Waals surface area contributed by atoms with Crippen LogP contribution in [0.15, 0.2) is 36.5 Å². The molecule has 0 aliphatic rings. The van der Waals surface area contributed by atoms with E-state index in [1.54, 1.807) is 24.3 Å². The number of pyridine rings is 1. The lowest BCUT2D eigenvalue weighted by atomic mass is 9.96. The summed E-state index contributed by atoms with van der Waals surface area (Å²) in [5, 5.41) is 9.38. The molecule has 1 aromatic carbocycles. The number of halogens is 5. The normalized spacial score (nSPS) is 12.8. The number of nitrogens with zero attached hydrogens (tertiary/aromatic N) is 2. The van der Waals surface area contributed by atoms with Crippen molar-refractivity contribution in [2.45, 2.75) is 12.1 Å². The van der Waals surface area contributed by atoms with Crippen molar-refractivity contribution < 1.29 is 13.2 Å². The molecule has 0 saturated carbocycles. The van der Waals surface area contributed by atoms with Crippen molar-refractivity contribution in [1.82, 2.24) is 4.98 Å². The number of hydrogen-bond donors (Lipinski definition) is 0. The van der Waals surface area contributed by atoms with Crippen LogP contribution in [-0.4, -0.2) is 4.98 Å². The number of alkyl halides is 3. The summed E-state index contributed by atoms with van der Waals surface area (Å²) in [6.45, 7) is 0. The van der Waals surface area contributed by atoms with Crippen molar-refractivity contribution in [3.05, 3.63) is 63.4 Å². The Labute approximate surface area is 128 Å². The van der Waals surface area contributed by atoms with Gasteiger partial charge in [-0.25, -0.2) is 0 Å². The van der Waals surface area contributed by atoms with Gasteiger partial charge >= 0.3 is 6.18 Å². The molecule has 7 heteroatoms. The van der Waals surface area contributed by atoms with Crippen molar-refractivity contribution >= 4 is 23.2 Å². The van der Waals surface area contributed by atoms with Gasteiger partial charge in [-0.1, -0.05) is 41.4 Å². The summed E-state index contributed by atoms with van der Waals surface area (Å²) >= 11 is 11.9. The second kappa shape index (κ2) is 5.92. The molecule has 0 aliphatic carbocycles. The van der Waals surface area contributed by atoms with Crippen LogP contribution >= 0.6 is 23.2 Å². The van der Waals surface area contributed by atoms with Crippen LogP contribution in [0.25, 0.3) is 0 Å². The van der Waals surface area contributed by atoms with Gasteiger partial charge in [0.25, 0.3) is 0 Å². The van der Waals surface area contributed by atoms with Gasteiger partial charge in [-0.15, -0.1) is 0 Å². The first kappa shape index (κ1) is 15.6. The van der Waals surface area contributed by atoms with Gasteiger partial charge in [0, 0.05) is 11.2 Å². The molecule has 21 heavy (non-hydrogen) atoms. The van der Waals surface area contributed by atoms with E-state index in [9.17, 15) is 18.4 Å². The zero-order valence-electron chi connectivity index (χ0n) is 10.3. The molecule has 0 spiro atoms. The van der Waals surface area contributed by atoms with E-state index < -0.39 is 17.7 Å². The summed E-state index contributed by atoms with van der Waals surface area (Å²) in [6.07, 6.45) is -3.88. The average Bonchev–Trinajstić information content (AvgIpc) is 2.42. The highest BCUT2D eigenvalue weighted by molar-refractivity contribution is 6.32. The Morgan fingerprint density at radius 1 is 1.14 bits per heavy atom. The topological polar surface area (TPSA) is 36.7 Å². The molecule has 2 nitrogen and oxygen atoms in total. The van der Waals surface area contributed by atoms with Crippen LogP contribution in [0.4, 0.5) is 13.2 Å². The first-order chi connectivity index (χ1) is 9.84. The van der Waals surface area contributed by atoms with Crippen LogP contribution in [0.2, 0.25) is 10.0 Å². The molecule has 0 fully saturated rings. The fourth-order valence-electron chi connectivity index (χ4n) is 1.80. The fourth-order valence-corrected chi connectivity index (χ4v) is 2.32. The number of hydrogen-bond acceptors (Lipinski definition) is 2. The summed E-state index contributed by atoms with van der Waals surface area (Å²) in [5.41, 5.74) is -0.483. The zero-order valence-corrected chi connectivity index (χ0v) is 11.8. The van der Waals surface area contributed by atoms with Gasteiger partial charge in [0.05, 0.1) is 22.3 Å². The van der Waals surface area contributed by atoms with Gasteiger partial charge in [0.15, 0.2) is 0 Å². The van der Waals surface area contributed by atoms with Gasteiger partial charge in [-0.3, -0.25) is 4.98 Å². The highest BCUT2D eigenvalue weighted by Crippen LogP contribution is 2.36. The minimum Gasteiger partial charge on any atom is -0.257 e. The lowest BCUT2D eigenvalue weighted by Gasteiger charge is -2.14. The first-order valence-corrected chi connectivity index (χ1v) is 6.47. The Balaban J connectivity index is 2.50. The fraction of sp³-hybridized carbons (Fsp3) is 0.143. The maximum atomic E-state index is 12.6. The molecule has 0 radical (unpaired) electrons. The third-order valence-electron chi connectivity index (χ3n) is 2.82. The van der Waals surface area contributed by atoms with E-state index in [-0.39, 0.29) is 10.7 Å². The number of aromatic nitrogens is 1. The van der Waals surface area contributed by atoms with Crippen molar-refractivity contribution in [2.75, 3.05) is 0 Å². The van der Waals surface area contributed by atoms with Crippen LogP contribution in [0.3, 0.4) is 0 Å². The molecule has 0 N–H and O–H groups in total.